The Morgan fingerprint density at radius 1 is 1.16 bits per heavy atom. The molecule has 3 aliphatic rings. The topological polar surface area (TPSA) is 124 Å². The van der Waals surface area contributed by atoms with Crippen molar-refractivity contribution in [3.05, 3.63) is 53.8 Å². The molecule has 11 heteroatoms. The van der Waals surface area contributed by atoms with Crippen molar-refractivity contribution in [2.24, 2.45) is 4.99 Å². The van der Waals surface area contributed by atoms with Gasteiger partial charge in [-0.1, -0.05) is 24.3 Å². The Morgan fingerprint density at radius 2 is 1.87 bits per heavy atom. The fourth-order valence-corrected chi connectivity index (χ4v) is 5.54. The number of hydrogen-bond donors (Lipinski definition) is 0. The molecule has 1 aromatic carbocycles. The quantitative estimate of drug-likeness (QED) is 0.173. The molecule has 0 aliphatic carbocycles. The number of hydrogen-bond acceptors (Lipinski definition) is 10. The van der Waals surface area contributed by atoms with Crippen LogP contribution >= 0.6 is 0 Å². The number of methoxy groups -OCH3 is 3. The third kappa shape index (κ3) is 3.80. The number of amides is 1. The van der Waals surface area contributed by atoms with Gasteiger partial charge in [-0.25, -0.2) is 29.1 Å². The van der Waals surface area contributed by atoms with E-state index in [4.69, 9.17) is 25.4 Å². The van der Waals surface area contributed by atoms with Crippen LogP contribution in [-0.4, -0.2) is 81.3 Å². The summed E-state index contributed by atoms with van der Waals surface area (Å²) in [4.78, 5) is 60.2. The summed E-state index contributed by atoms with van der Waals surface area (Å²) in [6.45, 7) is 4.01. The number of nitrogens with zero attached hydrogens (tertiary/aromatic N) is 3. The number of benzene rings is 1. The molecule has 1 fully saturated rings. The van der Waals surface area contributed by atoms with Crippen molar-refractivity contribution in [1.29, 1.82) is 0 Å². The zero-order chi connectivity index (χ0) is 27.6. The van der Waals surface area contributed by atoms with Crippen LogP contribution in [0.25, 0.3) is 0 Å². The molecular formula is C27H27N3O8. The number of carbonyl (C=O) groups is 4. The van der Waals surface area contributed by atoms with Gasteiger partial charge in [0.05, 0.1) is 38.4 Å². The summed E-state index contributed by atoms with van der Waals surface area (Å²) in [7, 11) is 3.54. The van der Waals surface area contributed by atoms with E-state index in [1.807, 2.05) is 23.1 Å². The average molecular weight is 522 g/mol. The minimum absolute atomic E-state index is 0.00693. The minimum atomic E-state index is -1.23. The summed E-state index contributed by atoms with van der Waals surface area (Å²) in [5.74, 6) is 0.000915. The average Bonchev–Trinajstić information content (AvgIpc) is 3.43. The molecule has 3 heterocycles. The maximum atomic E-state index is 13.4. The molecular weight excluding hydrogens is 494 g/mol. The van der Waals surface area contributed by atoms with Crippen LogP contribution < -0.4 is 4.90 Å². The van der Waals surface area contributed by atoms with Crippen LogP contribution in [0, 0.1) is 12.3 Å². The van der Waals surface area contributed by atoms with Crippen molar-refractivity contribution in [1.82, 2.24) is 4.90 Å². The van der Waals surface area contributed by atoms with Gasteiger partial charge in [0.2, 0.25) is 0 Å². The minimum Gasteiger partial charge on any atom is -0.467 e. The maximum Gasteiger partial charge on any atom is 0.416 e. The highest BCUT2D eigenvalue weighted by Crippen LogP contribution is 2.57. The standard InChI is InChI=1S/C27H27N3O8/c1-6-8-14-38-26(34)30-18(22(31)35-3)15-27-16-11-9-10-12-17(16)29(13-7-2)21(27)19(23(32)36-4)20(24(33)37-5)28-25(27)30/h1,7,9-12,18,21H,2,8,13-15H2,3-5H3/t18?,21?,27-/m0/s1. The Kier molecular flexibility index (Phi) is 7.26. The van der Waals surface area contributed by atoms with Crippen LogP contribution in [0.5, 0.6) is 0 Å². The van der Waals surface area contributed by atoms with Crippen LogP contribution in [0.2, 0.25) is 0 Å². The highest BCUT2D eigenvalue weighted by molar-refractivity contribution is 6.16. The molecule has 3 atom stereocenters. The van der Waals surface area contributed by atoms with E-state index in [0.717, 1.165) is 12.0 Å². The van der Waals surface area contributed by atoms with Gasteiger partial charge in [0.1, 0.15) is 18.5 Å². The molecule has 0 aromatic heterocycles. The van der Waals surface area contributed by atoms with Gasteiger partial charge in [-0.3, -0.25) is 0 Å². The molecule has 1 spiro atoms. The van der Waals surface area contributed by atoms with Gasteiger partial charge >= 0.3 is 24.0 Å². The zero-order valence-electron chi connectivity index (χ0n) is 21.3. The second-order valence-electron chi connectivity index (χ2n) is 8.69. The molecule has 2 unspecified atom stereocenters. The molecule has 4 rings (SSSR count). The SMILES string of the molecule is C#CCCOC(=O)N1C2=NC(C(=O)OC)=C(C(=O)OC)C3N(CC=C)c4ccccc4[C@]23CC1C(=O)OC. The number of ether oxygens (including phenoxy) is 4. The molecule has 1 aromatic rings. The largest absolute Gasteiger partial charge is 0.467 e. The zero-order valence-corrected chi connectivity index (χ0v) is 21.3. The van der Waals surface area contributed by atoms with E-state index >= 15 is 0 Å². The summed E-state index contributed by atoms with van der Waals surface area (Å²) >= 11 is 0. The number of rotatable bonds is 7. The molecule has 0 saturated carbocycles. The highest BCUT2D eigenvalue weighted by Gasteiger charge is 2.68. The molecule has 0 bridgehead atoms. The van der Waals surface area contributed by atoms with Gasteiger partial charge in [-0.15, -0.1) is 18.9 Å². The van der Waals surface area contributed by atoms with E-state index in [0.29, 0.717) is 11.3 Å². The van der Waals surface area contributed by atoms with Gasteiger partial charge in [-0.2, -0.15) is 0 Å². The summed E-state index contributed by atoms with van der Waals surface area (Å²) in [6.07, 6.45) is 6.19. The van der Waals surface area contributed by atoms with Crippen molar-refractivity contribution < 1.29 is 38.1 Å². The third-order valence-corrected chi connectivity index (χ3v) is 6.92. The first kappa shape index (κ1) is 26.5. The van der Waals surface area contributed by atoms with E-state index in [9.17, 15) is 19.2 Å². The summed E-state index contributed by atoms with van der Waals surface area (Å²) in [6, 6.07) is 5.23. The Bertz CT molecular complexity index is 1310. The summed E-state index contributed by atoms with van der Waals surface area (Å²) in [5.41, 5.74) is -0.228. The highest BCUT2D eigenvalue weighted by atomic mass is 16.6. The van der Waals surface area contributed by atoms with E-state index in [1.54, 1.807) is 12.1 Å². The van der Waals surface area contributed by atoms with Crippen LogP contribution in [0.4, 0.5) is 10.5 Å². The van der Waals surface area contributed by atoms with Gasteiger partial charge in [0, 0.05) is 18.7 Å². The van der Waals surface area contributed by atoms with Gasteiger partial charge in [0.15, 0.2) is 5.70 Å². The first-order chi connectivity index (χ1) is 18.3. The first-order valence-electron chi connectivity index (χ1n) is 11.8. The lowest BCUT2D eigenvalue weighted by Gasteiger charge is -2.40. The van der Waals surface area contributed by atoms with E-state index in [1.165, 1.54) is 14.2 Å². The lowest BCUT2D eigenvalue weighted by Crippen LogP contribution is -2.56. The summed E-state index contributed by atoms with van der Waals surface area (Å²) in [5, 5.41) is 0. The second-order valence-corrected chi connectivity index (χ2v) is 8.69. The molecule has 0 N–H and O–H groups in total. The van der Waals surface area contributed by atoms with Crippen molar-refractivity contribution in [2.75, 3.05) is 39.4 Å². The number of aliphatic imine (C=N–C) groups is 1. The van der Waals surface area contributed by atoms with Crippen molar-refractivity contribution in [2.45, 2.75) is 30.3 Å². The Balaban J connectivity index is 2.06. The van der Waals surface area contributed by atoms with Gasteiger partial charge < -0.3 is 23.8 Å². The van der Waals surface area contributed by atoms with Crippen molar-refractivity contribution in [3.8, 4) is 12.3 Å². The number of anilines is 1. The lowest BCUT2D eigenvalue weighted by atomic mass is 9.69. The second kappa shape index (κ2) is 10.4. The first-order valence-corrected chi connectivity index (χ1v) is 11.8. The van der Waals surface area contributed by atoms with Crippen LogP contribution in [-0.2, 0) is 38.7 Å². The van der Waals surface area contributed by atoms with Gasteiger partial charge in [0.25, 0.3) is 0 Å². The number of esters is 3. The fraction of sp³-hybridized carbons (Fsp3) is 0.370. The molecule has 198 valence electrons. The third-order valence-electron chi connectivity index (χ3n) is 6.92. The van der Waals surface area contributed by atoms with Crippen molar-refractivity contribution >= 4 is 35.5 Å². The van der Waals surface area contributed by atoms with Crippen LogP contribution in [0.15, 0.2) is 53.2 Å². The number of amidine groups is 1. The Morgan fingerprint density at radius 3 is 2.50 bits per heavy atom. The Labute approximate surface area is 219 Å². The van der Waals surface area contributed by atoms with Crippen LogP contribution in [0.3, 0.4) is 0 Å². The number of likely N-dealkylation sites (tertiary alicyclic amines) is 1. The van der Waals surface area contributed by atoms with E-state index < -0.39 is 41.5 Å². The molecule has 3 aliphatic heterocycles. The lowest BCUT2D eigenvalue weighted by molar-refractivity contribution is -0.144. The number of carbonyl (C=O) groups excluding carboxylic acids is 4. The molecule has 38 heavy (non-hydrogen) atoms. The molecule has 11 nitrogen and oxygen atoms in total. The van der Waals surface area contributed by atoms with E-state index in [2.05, 4.69) is 17.5 Å². The Hall–Kier alpha value is -4.59. The monoisotopic (exact) mass is 521 g/mol. The van der Waals surface area contributed by atoms with Crippen molar-refractivity contribution in [3.63, 3.8) is 0 Å². The number of para-hydroxylation sites is 1. The smallest absolute Gasteiger partial charge is 0.416 e. The van der Waals surface area contributed by atoms with E-state index in [-0.39, 0.29) is 43.1 Å². The number of fused-ring (bicyclic) bond motifs is 1. The molecule has 1 saturated heterocycles. The summed E-state index contributed by atoms with van der Waals surface area (Å²) < 4.78 is 20.4. The number of terminal acetylenes is 1. The molecule has 0 radical (unpaired) electrons. The predicted molar refractivity (Wildman–Crippen MR) is 135 cm³/mol. The van der Waals surface area contributed by atoms with Gasteiger partial charge in [-0.05, 0) is 18.1 Å². The van der Waals surface area contributed by atoms with Crippen LogP contribution in [0.1, 0.15) is 18.4 Å². The molecule has 1 amide bonds. The predicted octanol–water partition coefficient (Wildman–Crippen LogP) is 1.72. The fourth-order valence-electron chi connectivity index (χ4n) is 5.54. The maximum absolute atomic E-state index is 13.4. The normalized spacial score (nSPS) is 22.8.